The maximum Gasteiger partial charge on any atom is 0.321 e. The normalized spacial score (nSPS) is 25.2. The number of nitrogens with zero attached hydrogens (tertiary/aromatic N) is 2. The van der Waals surface area contributed by atoms with Crippen LogP contribution in [0.25, 0.3) is 0 Å². The number of carbonyl (C=O) groups is 2. The SMILES string of the molecule is CNC(=O)c1cc(NC(=O)N2C[C@H]3CC[C@@H](C2)C3N(C)C)ccc1F. The Morgan fingerprint density at radius 3 is 2.40 bits per heavy atom. The Balaban J connectivity index is 1.69. The molecule has 136 valence electrons. The van der Waals surface area contributed by atoms with Gasteiger partial charge in [0.1, 0.15) is 5.82 Å². The second kappa shape index (κ2) is 7.00. The van der Waals surface area contributed by atoms with Crippen molar-refractivity contribution in [2.24, 2.45) is 11.8 Å². The molecule has 0 aromatic heterocycles. The van der Waals surface area contributed by atoms with E-state index in [1.165, 1.54) is 25.2 Å². The van der Waals surface area contributed by atoms with Crippen LogP contribution in [0.2, 0.25) is 0 Å². The number of nitrogens with one attached hydrogen (secondary N) is 2. The zero-order valence-electron chi connectivity index (χ0n) is 14.9. The summed E-state index contributed by atoms with van der Waals surface area (Å²) in [5.41, 5.74) is 0.346. The quantitative estimate of drug-likeness (QED) is 0.878. The van der Waals surface area contributed by atoms with Crippen LogP contribution < -0.4 is 10.6 Å². The van der Waals surface area contributed by atoms with Gasteiger partial charge in [-0.3, -0.25) is 4.79 Å². The molecule has 1 aromatic carbocycles. The van der Waals surface area contributed by atoms with Gasteiger partial charge in [-0.15, -0.1) is 0 Å². The van der Waals surface area contributed by atoms with E-state index in [2.05, 4.69) is 29.6 Å². The summed E-state index contributed by atoms with van der Waals surface area (Å²) in [5, 5.41) is 5.19. The van der Waals surface area contributed by atoms with Crippen LogP contribution in [0.4, 0.5) is 14.9 Å². The molecular formula is C18H25FN4O2. The third-order valence-electron chi connectivity index (χ3n) is 5.36. The lowest BCUT2D eigenvalue weighted by atomic mass is 9.91. The summed E-state index contributed by atoms with van der Waals surface area (Å²) in [7, 11) is 5.65. The molecule has 25 heavy (non-hydrogen) atoms. The molecule has 3 atom stereocenters. The van der Waals surface area contributed by atoms with Gasteiger partial charge in [-0.05, 0) is 57.0 Å². The Morgan fingerprint density at radius 2 is 1.84 bits per heavy atom. The molecule has 0 radical (unpaired) electrons. The molecule has 2 bridgehead atoms. The summed E-state index contributed by atoms with van der Waals surface area (Å²) in [6, 6.07) is 4.38. The number of anilines is 1. The fourth-order valence-corrected chi connectivity index (χ4v) is 4.32. The van der Waals surface area contributed by atoms with Gasteiger partial charge < -0.3 is 20.4 Å². The van der Waals surface area contributed by atoms with Gasteiger partial charge in [-0.2, -0.15) is 0 Å². The van der Waals surface area contributed by atoms with E-state index >= 15 is 0 Å². The van der Waals surface area contributed by atoms with E-state index in [9.17, 15) is 14.0 Å². The van der Waals surface area contributed by atoms with E-state index in [1.54, 1.807) is 0 Å². The number of piperidine rings is 1. The van der Waals surface area contributed by atoms with Crippen molar-refractivity contribution in [3.8, 4) is 0 Å². The van der Waals surface area contributed by atoms with Crippen molar-refractivity contribution in [3.63, 3.8) is 0 Å². The lowest BCUT2D eigenvalue weighted by Gasteiger charge is -2.41. The third kappa shape index (κ3) is 3.46. The number of amides is 3. The monoisotopic (exact) mass is 348 g/mol. The second-order valence-corrected chi connectivity index (χ2v) is 7.16. The first-order valence-corrected chi connectivity index (χ1v) is 8.64. The summed E-state index contributed by atoms with van der Waals surface area (Å²) in [6.07, 6.45) is 2.29. The van der Waals surface area contributed by atoms with Gasteiger partial charge in [0.25, 0.3) is 5.91 Å². The molecule has 0 spiro atoms. The topological polar surface area (TPSA) is 64.7 Å². The van der Waals surface area contributed by atoms with Gasteiger partial charge in [-0.1, -0.05) is 0 Å². The highest BCUT2D eigenvalue weighted by Crippen LogP contribution is 2.39. The van der Waals surface area contributed by atoms with E-state index in [0.29, 0.717) is 23.6 Å². The van der Waals surface area contributed by atoms with Crippen LogP contribution in [0, 0.1) is 17.7 Å². The molecule has 1 aromatic rings. The van der Waals surface area contributed by atoms with E-state index < -0.39 is 11.7 Å². The molecule has 2 fully saturated rings. The van der Waals surface area contributed by atoms with Crippen molar-refractivity contribution in [1.29, 1.82) is 0 Å². The molecule has 7 heteroatoms. The van der Waals surface area contributed by atoms with Crippen molar-refractivity contribution in [1.82, 2.24) is 15.1 Å². The Morgan fingerprint density at radius 1 is 1.20 bits per heavy atom. The van der Waals surface area contributed by atoms with Gasteiger partial charge in [0, 0.05) is 31.9 Å². The van der Waals surface area contributed by atoms with Gasteiger partial charge in [0.15, 0.2) is 0 Å². The molecule has 1 saturated carbocycles. The van der Waals surface area contributed by atoms with E-state index in [0.717, 1.165) is 25.9 Å². The fourth-order valence-electron chi connectivity index (χ4n) is 4.32. The fraction of sp³-hybridized carbons (Fsp3) is 0.556. The first kappa shape index (κ1) is 17.7. The minimum absolute atomic E-state index is 0.0771. The highest BCUT2D eigenvalue weighted by Gasteiger charge is 2.44. The summed E-state index contributed by atoms with van der Waals surface area (Å²) in [5.74, 6) is -0.135. The number of halogens is 1. The molecule has 1 unspecified atom stereocenters. The molecule has 1 saturated heterocycles. The average Bonchev–Trinajstić information content (AvgIpc) is 2.86. The second-order valence-electron chi connectivity index (χ2n) is 7.16. The van der Waals surface area contributed by atoms with Crippen LogP contribution in [-0.2, 0) is 0 Å². The summed E-state index contributed by atoms with van der Waals surface area (Å²) in [4.78, 5) is 28.4. The van der Waals surface area contributed by atoms with Crippen molar-refractivity contribution in [3.05, 3.63) is 29.6 Å². The average molecular weight is 348 g/mol. The molecule has 6 nitrogen and oxygen atoms in total. The van der Waals surface area contributed by atoms with Crippen molar-refractivity contribution >= 4 is 17.6 Å². The highest BCUT2D eigenvalue weighted by atomic mass is 19.1. The van der Waals surface area contributed by atoms with Crippen molar-refractivity contribution in [2.45, 2.75) is 18.9 Å². The number of urea groups is 1. The van der Waals surface area contributed by atoms with Gasteiger partial charge >= 0.3 is 6.03 Å². The first-order valence-electron chi connectivity index (χ1n) is 8.64. The largest absolute Gasteiger partial charge is 0.355 e. The number of likely N-dealkylation sites (tertiary alicyclic amines) is 1. The van der Waals surface area contributed by atoms with Crippen LogP contribution in [0.1, 0.15) is 23.2 Å². The van der Waals surface area contributed by atoms with Crippen LogP contribution >= 0.6 is 0 Å². The predicted molar refractivity (Wildman–Crippen MR) is 94.1 cm³/mol. The predicted octanol–water partition coefficient (Wildman–Crippen LogP) is 1.99. The van der Waals surface area contributed by atoms with Gasteiger partial charge in [0.2, 0.25) is 0 Å². The zero-order chi connectivity index (χ0) is 18.1. The number of hydrogen-bond acceptors (Lipinski definition) is 3. The number of hydrogen-bond donors (Lipinski definition) is 2. The molecule has 2 N–H and O–H groups in total. The smallest absolute Gasteiger partial charge is 0.321 e. The summed E-state index contributed by atoms with van der Waals surface area (Å²) >= 11 is 0. The van der Waals surface area contributed by atoms with Crippen LogP contribution in [-0.4, -0.2) is 62.0 Å². The Labute approximate surface area is 147 Å². The standard InChI is InChI=1S/C18H25FN4O2/c1-20-17(24)14-8-13(6-7-15(14)19)21-18(25)23-9-11-4-5-12(10-23)16(11)22(2)3/h6-8,11-12,16H,4-5,9-10H2,1-3H3,(H,20,24)(H,21,25)/t11-,12+,16?. The summed E-state index contributed by atoms with van der Waals surface area (Å²) < 4.78 is 13.7. The van der Waals surface area contributed by atoms with Crippen LogP contribution in [0.5, 0.6) is 0 Å². The molecule has 3 rings (SSSR count). The molecule has 2 aliphatic rings. The summed E-state index contributed by atoms with van der Waals surface area (Å²) in [6.45, 7) is 1.46. The van der Waals surface area contributed by atoms with Crippen molar-refractivity contribution < 1.29 is 14.0 Å². The number of fused-ring (bicyclic) bond motifs is 2. The van der Waals surface area contributed by atoms with Gasteiger partial charge in [-0.25, -0.2) is 9.18 Å². The van der Waals surface area contributed by atoms with E-state index in [1.807, 2.05) is 4.90 Å². The van der Waals surface area contributed by atoms with E-state index in [-0.39, 0.29) is 11.6 Å². The van der Waals surface area contributed by atoms with Crippen molar-refractivity contribution in [2.75, 3.05) is 39.5 Å². The molecule has 1 aliphatic heterocycles. The minimum atomic E-state index is -0.609. The Kier molecular flexibility index (Phi) is 4.94. The molecule has 3 amide bonds. The molecule has 1 aliphatic carbocycles. The number of rotatable bonds is 3. The van der Waals surface area contributed by atoms with E-state index in [4.69, 9.17) is 0 Å². The Bertz CT molecular complexity index is 665. The van der Waals surface area contributed by atoms with Crippen LogP contribution in [0.15, 0.2) is 18.2 Å². The third-order valence-corrected chi connectivity index (χ3v) is 5.36. The maximum absolute atomic E-state index is 13.7. The Hall–Kier alpha value is -2.15. The lowest BCUT2D eigenvalue weighted by Crippen LogP contribution is -2.53. The van der Waals surface area contributed by atoms with Crippen LogP contribution in [0.3, 0.4) is 0 Å². The molecule has 1 heterocycles. The number of benzene rings is 1. The lowest BCUT2D eigenvalue weighted by molar-refractivity contribution is 0.0951. The van der Waals surface area contributed by atoms with Gasteiger partial charge in [0.05, 0.1) is 5.56 Å². The first-order chi connectivity index (χ1) is 11.9. The number of carbonyl (C=O) groups excluding carboxylic acids is 2. The molecular weight excluding hydrogens is 323 g/mol. The maximum atomic E-state index is 13.7. The zero-order valence-corrected chi connectivity index (χ0v) is 14.9. The minimum Gasteiger partial charge on any atom is -0.355 e. The highest BCUT2D eigenvalue weighted by molar-refractivity contribution is 5.97.